The molecule has 1 aromatic carbocycles. The van der Waals surface area contributed by atoms with Gasteiger partial charge >= 0.3 is 0 Å². The van der Waals surface area contributed by atoms with Crippen LogP contribution in [0.25, 0.3) is 0 Å². The third-order valence-corrected chi connectivity index (χ3v) is 4.09. The van der Waals surface area contributed by atoms with Crippen molar-refractivity contribution in [3.63, 3.8) is 0 Å². The minimum absolute atomic E-state index is 0.0793. The van der Waals surface area contributed by atoms with E-state index in [0.29, 0.717) is 22.3 Å². The van der Waals surface area contributed by atoms with E-state index in [0.717, 1.165) is 25.9 Å². The topological polar surface area (TPSA) is 61.4 Å². The first-order valence-corrected chi connectivity index (χ1v) is 7.92. The van der Waals surface area contributed by atoms with Crippen molar-refractivity contribution in [2.75, 3.05) is 30.3 Å². The summed E-state index contributed by atoms with van der Waals surface area (Å²) in [6.07, 6.45) is 2.12. The molecule has 22 heavy (non-hydrogen) atoms. The Morgan fingerprint density at radius 3 is 2.59 bits per heavy atom. The van der Waals surface area contributed by atoms with Gasteiger partial charge in [-0.1, -0.05) is 18.5 Å². The van der Waals surface area contributed by atoms with Crippen LogP contribution in [0.15, 0.2) is 18.2 Å². The van der Waals surface area contributed by atoms with Gasteiger partial charge in [-0.2, -0.15) is 0 Å². The molecule has 5 nitrogen and oxygen atoms in total. The van der Waals surface area contributed by atoms with Crippen LogP contribution >= 0.6 is 11.6 Å². The van der Waals surface area contributed by atoms with E-state index in [1.165, 1.54) is 6.92 Å². The van der Waals surface area contributed by atoms with E-state index in [9.17, 15) is 9.59 Å². The number of piperidine rings is 1. The number of hydrogen-bond acceptors (Lipinski definition) is 3. The maximum absolute atomic E-state index is 12.2. The van der Waals surface area contributed by atoms with E-state index in [-0.39, 0.29) is 18.4 Å². The minimum atomic E-state index is -0.179. The average Bonchev–Trinajstić information content (AvgIpc) is 2.46. The number of hydrogen-bond donors (Lipinski definition) is 2. The lowest BCUT2D eigenvalue weighted by atomic mass is 9.99. The van der Waals surface area contributed by atoms with Gasteiger partial charge in [0.1, 0.15) is 0 Å². The molecule has 2 N–H and O–H groups in total. The summed E-state index contributed by atoms with van der Waals surface area (Å²) in [6.45, 7) is 5.50. The van der Waals surface area contributed by atoms with Crippen molar-refractivity contribution >= 4 is 34.8 Å². The number of nitrogens with one attached hydrogen (secondary N) is 2. The molecule has 0 radical (unpaired) electrons. The Kier molecular flexibility index (Phi) is 5.66. The summed E-state index contributed by atoms with van der Waals surface area (Å²) >= 11 is 5.94. The number of likely N-dealkylation sites (tertiary alicyclic amines) is 1. The molecule has 1 aliphatic rings. The number of anilines is 2. The lowest BCUT2D eigenvalue weighted by Gasteiger charge is -2.30. The number of rotatable bonds is 4. The Morgan fingerprint density at radius 1 is 1.27 bits per heavy atom. The summed E-state index contributed by atoms with van der Waals surface area (Å²) in [5.41, 5.74) is 1.28. The van der Waals surface area contributed by atoms with Gasteiger partial charge in [0.25, 0.3) is 0 Å². The lowest BCUT2D eigenvalue weighted by Crippen LogP contribution is -2.40. The molecule has 0 aromatic heterocycles. The van der Waals surface area contributed by atoms with Crippen molar-refractivity contribution in [1.29, 1.82) is 0 Å². The first kappa shape index (κ1) is 16.6. The Bertz CT molecular complexity index is 554. The van der Waals surface area contributed by atoms with Crippen molar-refractivity contribution in [2.45, 2.75) is 26.7 Å². The Balaban J connectivity index is 1.96. The molecule has 0 spiro atoms. The zero-order valence-electron chi connectivity index (χ0n) is 13.0. The van der Waals surface area contributed by atoms with Crippen LogP contribution in [-0.2, 0) is 9.59 Å². The van der Waals surface area contributed by atoms with E-state index in [2.05, 4.69) is 17.6 Å². The molecule has 1 saturated heterocycles. The highest BCUT2D eigenvalue weighted by molar-refractivity contribution is 6.31. The second-order valence-electron chi connectivity index (χ2n) is 5.79. The fourth-order valence-corrected chi connectivity index (χ4v) is 2.68. The highest BCUT2D eigenvalue weighted by atomic mass is 35.5. The van der Waals surface area contributed by atoms with Crippen molar-refractivity contribution in [2.24, 2.45) is 5.92 Å². The number of benzene rings is 1. The number of carbonyl (C=O) groups excluding carboxylic acids is 2. The molecule has 120 valence electrons. The predicted molar refractivity (Wildman–Crippen MR) is 89.2 cm³/mol. The van der Waals surface area contributed by atoms with Crippen LogP contribution in [0.2, 0.25) is 5.02 Å². The van der Waals surface area contributed by atoms with Crippen molar-refractivity contribution in [1.82, 2.24) is 4.90 Å². The maximum Gasteiger partial charge on any atom is 0.241 e. The van der Waals surface area contributed by atoms with Crippen LogP contribution in [0.3, 0.4) is 0 Å². The molecule has 1 fully saturated rings. The van der Waals surface area contributed by atoms with Crippen molar-refractivity contribution < 1.29 is 9.59 Å². The molecule has 0 saturated carbocycles. The molecule has 1 aliphatic heterocycles. The van der Waals surface area contributed by atoms with E-state index in [1.807, 2.05) is 4.90 Å². The van der Waals surface area contributed by atoms with E-state index >= 15 is 0 Å². The molecule has 0 aliphatic carbocycles. The molecule has 6 heteroatoms. The average molecular weight is 324 g/mol. The maximum atomic E-state index is 12.2. The first-order valence-electron chi connectivity index (χ1n) is 7.54. The molecular weight excluding hydrogens is 302 g/mol. The molecule has 1 aromatic rings. The number of halogens is 1. The molecule has 0 atom stereocenters. The van der Waals surface area contributed by atoms with Crippen molar-refractivity contribution in [3.8, 4) is 0 Å². The molecule has 2 rings (SSSR count). The second-order valence-corrected chi connectivity index (χ2v) is 6.22. The summed E-state index contributed by atoms with van der Waals surface area (Å²) in [6, 6.07) is 5.15. The largest absolute Gasteiger partial charge is 0.374 e. The van der Waals surface area contributed by atoms with Gasteiger partial charge in [-0.15, -0.1) is 0 Å². The van der Waals surface area contributed by atoms with Crippen LogP contribution in [-0.4, -0.2) is 36.3 Å². The Labute approximate surface area is 136 Å². The van der Waals surface area contributed by atoms with Gasteiger partial charge in [-0.3, -0.25) is 9.59 Å². The van der Waals surface area contributed by atoms with Crippen LogP contribution in [0, 0.1) is 5.92 Å². The smallest absolute Gasteiger partial charge is 0.241 e. The number of carbonyl (C=O) groups is 2. The minimum Gasteiger partial charge on any atom is -0.374 e. The Morgan fingerprint density at radius 2 is 1.95 bits per heavy atom. The van der Waals surface area contributed by atoms with Crippen molar-refractivity contribution in [3.05, 3.63) is 23.2 Å². The van der Waals surface area contributed by atoms with E-state index in [4.69, 9.17) is 11.6 Å². The van der Waals surface area contributed by atoms with Gasteiger partial charge in [0, 0.05) is 25.0 Å². The monoisotopic (exact) mass is 323 g/mol. The van der Waals surface area contributed by atoms with Crippen LogP contribution in [0.5, 0.6) is 0 Å². The summed E-state index contributed by atoms with van der Waals surface area (Å²) in [5.74, 6) is 0.594. The second kappa shape index (κ2) is 7.49. The van der Waals surface area contributed by atoms with E-state index < -0.39 is 0 Å². The van der Waals surface area contributed by atoms with Gasteiger partial charge < -0.3 is 15.5 Å². The van der Waals surface area contributed by atoms with Crippen LogP contribution in [0.1, 0.15) is 26.7 Å². The fourth-order valence-electron chi connectivity index (χ4n) is 2.50. The van der Waals surface area contributed by atoms with Gasteiger partial charge in [-0.05, 0) is 37.0 Å². The fraction of sp³-hybridized carbons (Fsp3) is 0.500. The normalized spacial score (nSPS) is 15.5. The van der Waals surface area contributed by atoms with E-state index in [1.54, 1.807) is 18.2 Å². The zero-order valence-corrected chi connectivity index (χ0v) is 13.7. The van der Waals surface area contributed by atoms with Gasteiger partial charge in [0.05, 0.1) is 17.9 Å². The molecular formula is C16H22ClN3O2. The molecule has 1 heterocycles. The summed E-state index contributed by atoms with van der Waals surface area (Å²) in [5, 5.41) is 6.34. The third-order valence-electron chi connectivity index (χ3n) is 3.86. The first-order chi connectivity index (χ1) is 10.5. The quantitative estimate of drug-likeness (QED) is 0.895. The lowest BCUT2D eigenvalue weighted by molar-refractivity contribution is -0.130. The van der Waals surface area contributed by atoms with Crippen LogP contribution in [0.4, 0.5) is 11.4 Å². The summed E-state index contributed by atoms with van der Waals surface area (Å²) in [4.78, 5) is 25.4. The highest BCUT2D eigenvalue weighted by Crippen LogP contribution is 2.26. The highest BCUT2D eigenvalue weighted by Gasteiger charge is 2.20. The number of amides is 2. The summed E-state index contributed by atoms with van der Waals surface area (Å²) < 4.78 is 0. The van der Waals surface area contributed by atoms with Gasteiger partial charge in [-0.25, -0.2) is 0 Å². The van der Waals surface area contributed by atoms with Crippen LogP contribution < -0.4 is 10.6 Å². The van der Waals surface area contributed by atoms with Gasteiger partial charge in [0.15, 0.2) is 0 Å². The Hall–Kier alpha value is -1.75. The molecule has 0 unspecified atom stereocenters. The standard InChI is InChI=1S/C16H22ClN3O2/c1-11-5-7-20(8-6-11)16(22)10-18-14-4-3-13(17)9-15(14)19-12(2)21/h3-4,9,11,18H,5-8,10H2,1-2H3,(H,19,21). The third kappa shape index (κ3) is 4.63. The predicted octanol–water partition coefficient (Wildman–Crippen LogP) is 2.97. The SMILES string of the molecule is CC(=O)Nc1cc(Cl)ccc1NCC(=O)N1CCC(C)CC1. The molecule has 2 amide bonds. The van der Waals surface area contributed by atoms with Gasteiger partial charge in [0.2, 0.25) is 11.8 Å². The zero-order chi connectivity index (χ0) is 16.1. The summed E-state index contributed by atoms with van der Waals surface area (Å²) in [7, 11) is 0. The molecule has 0 bridgehead atoms. The number of nitrogens with zero attached hydrogens (tertiary/aromatic N) is 1.